The molecule has 148 valence electrons. The van der Waals surface area contributed by atoms with Crippen LogP contribution in [-0.2, 0) is 11.2 Å². The summed E-state index contributed by atoms with van der Waals surface area (Å²) in [6.45, 7) is 1.92. The van der Waals surface area contributed by atoms with Crippen molar-refractivity contribution in [2.75, 3.05) is 6.54 Å². The number of halogens is 1. The van der Waals surface area contributed by atoms with E-state index in [0.29, 0.717) is 29.4 Å². The van der Waals surface area contributed by atoms with Crippen molar-refractivity contribution in [3.05, 3.63) is 56.9 Å². The van der Waals surface area contributed by atoms with Crippen LogP contribution in [0.3, 0.4) is 0 Å². The second-order valence-electron chi connectivity index (χ2n) is 6.52. The minimum atomic E-state index is -0.223. The van der Waals surface area contributed by atoms with Crippen LogP contribution in [0.25, 0.3) is 16.5 Å². The number of Topliss-reactive ketones (excluding diaryl/α,β-unsaturated/α-hetero) is 1. The summed E-state index contributed by atoms with van der Waals surface area (Å²) in [5.74, 6) is 0.481. The van der Waals surface area contributed by atoms with Crippen molar-refractivity contribution < 1.29 is 14.3 Å². The Hall–Kier alpha value is -2.55. The van der Waals surface area contributed by atoms with Crippen molar-refractivity contribution in [2.24, 2.45) is 0 Å². The lowest BCUT2D eigenvalue weighted by atomic mass is 10.1. The third-order valence-corrected chi connectivity index (χ3v) is 6.42. The number of nitrogens with zero attached hydrogens (tertiary/aromatic N) is 2. The number of fused-ring (bicyclic) bond motifs is 1. The molecule has 1 atom stereocenters. The SMILES string of the molecule is CC(=O)c1ccc(-c2cc(Cl)c3c(c2)CC(CNC(=O)C=Cc2csnn2)O3)s1. The van der Waals surface area contributed by atoms with Gasteiger partial charge in [-0.05, 0) is 54.4 Å². The molecule has 3 heterocycles. The predicted molar refractivity (Wildman–Crippen MR) is 115 cm³/mol. The van der Waals surface area contributed by atoms with Crippen molar-refractivity contribution >= 4 is 52.2 Å². The van der Waals surface area contributed by atoms with Gasteiger partial charge in [-0.25, -0.2) is 0 Å². The number of nitrogens with one attached hydrogen (secondary N) is 1. The molecule has 0 saturated heterocycles. The van der Waals surface area contributed by atoms with E-state index in [1.54, 1.807) is 18.4 Å². The van der Waals surface area contributed by atoms with Crippen LogP contribution in [-0.4, -0.2) is 33.9 Å². The number of hydrogen-bond donors (Lipinski definition) is 1. The quantitative estimate of drug-likeness (QED) is 0.453. The van der Waals surface area contributed by atoms with Gasteiger partial charge in [0.2, 0.25) is 5.91 Å². The number of thiophene rings is 1. The maximum atomic E-state index is 12.0. The maximum absolute atomic E-state index is 12.0. The summed E-state index contributed by atoms with van der Waals surface area (Å²) < 4.78 is 9.67. The van der Waals surface area contributed by atoms with E-state index in [1.165, 1.54) is 28.9 Å². The summed E-state index contributed by atoms with van der Waals surface area (Å²) in [5.41, 5.74) is 2.60. The van der Waals surface area contributed by atoms with Gasteiger partial charge in [0.15, 0.2) is 5.78 Å². The lowest BCUT2D eigenvalue weighted by Gasteiger charge is -2.11. The lowest BCUT2D eigenvalue weighted by Crippen LogP contribution is -2.33. The van der Waals surface area contributed by atoms with Gasteiger partial charge in [-0.3, -0.25) is 9.59 Å². The molecule has 3 aromatic rings. The van der Waals surface area contributed by atoms with Crippen LogP contribution in [0.1, 0.15) is 27.9 Å². The molecule has 0 saturated carbocycles. The fourth-order valence-corrected chi connectivity index (χ4v) is 4.60. The molecule has 0 bridgehead atoms. The molecule has 1 amide bonds. The van der Waals surface area contributed by atoms with Gasteiger partial charge in [-0.15, -0.1) is 16.4 Å². The average molecular weight is 446 g/mol. The highest BCUT2D eigenvalue weighted by molar-refractivity contribution is 7.17. The van der Waals surface area contributed by atoms with Crippen LogP contribution in [0.15, 0.2) is 35.7 Å². The zero-order valence-electron chi connectivity index (χ0n) is 15.3. The first-order valence-corrected chi connectivity index (χ1v) is 10.9. The number of amides is 1. The summed E-state index contributed by atoms with van der Waals surface area (Å²) in [6.07, 6.45) is 3.50. The number of benzene rings is 1. The van der Waals surface area contributed by atoms with Gasteiger partial charge in [0.05, 0.1) is 22.1 Å². The van der Waals surface area contributed by atoms with E-state index in [-0.39, 0.29) is 17.8 Å². The zero-order valence-corrected chi connectivity index (χ0v) is 17.7. The summed E-state index contributed by atoms with van der Waals surface area (Å²) in [7, 11) is 0. The second-order valence-corrected chi connectivity index (χ2v) is 8.62. The number of hydrogen-bond acceptors (Lipinski definition) is 7. The average Bonchev–Trinajstić information content (AvgIpc) is 3.44. The molecule has 1 unspecified atom stereocenters. The Labute approximate surface area is 180 Å². The summed E-state index contributed by atoms with van der Waals surface area (Å²) in [4.78, 5) is 25.2. The largest absolute Gasteiger partial charge is 0.486 e. The van der Waals surface area contributed by atoms with Gasteiger partial charge in [0, 0.05) is 28.3 Å². The minimum Gasteiger partial charge on any atom is -0.486 e. The fourth-order valence-electron chi connectivity index (χ4n) is 3.00. The Balaban J connectivity index is 1.40. The monoisotopic (exact) mass is 445 g/mol. The molecule has 0 aliphatic carbocycles. The number of ether oxygens (including phenoxy) is 1. The van der Waals surface area contributed by atoms with Gasteiger partial charge >= 0.3 is 0 Å². The standard InChI is InChI=1S/C20H16ClN3O3S2/c1-11(25)17-3-4-18(29-17)12-6-13-7-15(27-20(13)16(21)8-12)9-22-19(26)5-2-14-10-28-24-23-14/h2-6,8,10,15H,7,9H2,1H3,(H,22,26). The second kappa shape index (κ2) is 8.44. The van der Waals surface area contributed by atoms with Crippen molar-refractivity contribution in [3.63, 3.8) is 0 Å². The van der Waals surface area contributed by atoms with Crippen LogP contribution in [0.4, 0.5) is 0 Å². The molecule has 29 heavy (non-hydrogen) atoms. The smallest absolute Gasteiger partial charge is 0.244 e. The predicted octanol–water partition coefficient (Wildman–Crippen LogP) is 4.26. The van der Waals surface area contributed by atoms with E-state index in [0.717, 1.165) is 20.9 Å². The van der Waals surface area contributed by atoms with Gasteiger partial charge in [-0.2, -0.15) is 0 Å². The molecule has 0 fully saturated rings. The molecule has 1 N–H and O–H groups in total. The summed E-state index contributed by atoms with van der Waals surface area (Å²) >= 11 is 9.11. The van der Waals surface area contributed by atoms with E-state index in [9.17, 15) is 9.59 Å². The van der Waals surface area contributed by atoms with E-state index in [2.05, 4.69) is 14.9 Å². The van der Waals surface area contributed by atoms with Crippen molar-refractivity contribution in [2.45, 2.75) is 19.4 Å². The number of ketones is 1. The Morgan fingerprint density at radius 2 is 2.24 bits per heavy atom. The molecule has 1 aliphatic heterocycles. The lowest BCUT2D eigenvalue weighted by molar-refractivity contribution is -0.116. The highest BCUT2D eigenvalue weighted by Gasteiger charge is 2.26. The van der Waals surface area contributed by atoms with Crippen molar-refractivity contribution in [1.29, 1.82) is 0 Å². The van der Waals surface area contributed by atoms with E-state index in [1.807, 2.05) is 24.3 Å². The van der Waals surface area contributed by atoms with Crippen LogP contribution in [0, 0.1) is 0 Å². The van der Waals surface area contributed by atoms with E-state index < -0.39 is 0 Å². The van der Waals surface area contributed by atoms with Crippen LogP contribution in [0.2, 0.25) is 5.02 Å². The van der Waals surface area contributed by atoms with Crippen molar-refractivity contribution in [1.82, 2.24) is 14.9 Å². The molecule has 4 rings (SSSR count). The van der Waals surface area contributed by atoms with Crippen molar-refractivity contribution in [3.8, 4) is 16.2 Å². The molecular formula is C20H16ClN3O3S2. The first-order chi connectivity index (χ1) is 14.0. The Morgan fingerprint density at radius 1 is 1.38 bits per heavy atom. The topological polar surface area (TPSA) is 81.2 Å². The normalized spacial score (nSPS) is 15.3. The number of carbonyl (C=O) groups excluding carboxylic acids is 2. The number of carbonyl (C=O) groups is 2. The van der Waals surface area contributed by atoms with Gasteiger partial charge in [0.1, 0.15) is 11.9 Å². The number of rotatable bonds is 6. The highest BCUT2D eigenvalue weighted by atomic mass is 35.5. The highest BCUT2D eigenvalue weighted by Crippen LogP contribution is 2.41. The molecule has 1 aliphatic rings. The van der Waals surface area contributed by atoms with E-state index >= 15 is 0 Å². The molecule has 0 spiro atoms. The Bertz CT molecular complexity index is 1090. The number of aromatic nitrogens is 2. The van der Waals surface area contributed by atoms with Crippen LogP contribution >= 0.6 is 34.5 Å². The third kappa shape index (κ3) is 4.55. The Morgan fingerprint density at radius 3 is 2.97 bits per heavy atom. The zero-order chi connectivity index (χ0) is 20.4. The molecule has 0 radical (unpaired) electrons. The minimum absolute atomic E-state index is 0.0488. The molecule has 1 aromatic carbocycles. The third-order valence-electron chi connectivity index (χ3n) is 4.38. The maximum Gasteiger partial charge on any atom is 0.244 e. The Kier molecular flexibility index (Phi) is 5.75. The van der Waals surface area contributed by atoms with Gasteiger partial charge in [0.25, 0.3) is 0 Å². The molecule has 9 heteroatoms. The summed E-state index contributed by atoms with van der Waals surface area (Å²) in [6, 6.07) is 7.64. The summed E-state index contributed by atoms with van der Waals surface area (Å²) in [5, 5.41) is 8.97. The van der Waals surface area contributed by atoms with Gasteiger partial charge in [-0.1, -0.05) is 16.1 Å². The van der Waals surface area contributed by atoms with Gasteiger partial charge < -0.3 is 10.1 Å². The van der Waals surface area contributed by atoms with Crippen LogP contribution in [0.5, 0.6) is 5.75 Å². The van der Waals surface area contributed by atoms with Crippen LogP contribution < -0.4 is 10.1 Å². The molecular weight excluding hydrogens is 430 g/mol. The first kappa shape index (κ1) is 19.8. The van der Waals surface area contributed by atoms with E-state index in [4.69, 9.17) is 16.3 Å². The fraction of sp³-hybridized carbons (Fsp3) is 0.200. The first-order valence-electron chi connectivity index (χ1n) is 8.83. The molecule has 6 nitrogen and oxygen atoms in total. The molecule has 2 aromatic heterocycles.